The lowest BCUT2D eigenvalue weighted by Crippen LogP contribution is -2.59. The summed E-state index contributed by atoms with van der Waals surface area (Å²) in [5.41, 5.74) is 0. The smallest absolute Gasteiger partial charge is 0.317 e. The lowest BCUT2D eigenvalue weighted by Gasteiger charge is -2.39. The zero-order valence-corrected chi connectivity index (χ0v) is 9.78. The standard InChI is InChI=1S/C8H13BrO7/c9-1-4(11)16-7-5(12)3(2-10)15-8(14)6(7)13/h3,5-8,10,12-14H,1-2H2/t3-,5+,6-,7+,8?/m1/s1. The van der Waals surface area contributed by atoms with Crippen LogP contribution in [0.15, 0.2) is 0 Å². The molecule has 7 nitrogen and oxygen atoms in total. The average Bonchev–Trinajstić information content (AvgIpc) is 2.28. The third-order valence-corrected chi connectivity index (χ3v) is 2.67. The third kappa shape index (κ3) is 2.90. The van der Waals surface area contributed by atoms with Crippen LogP contribution in [0.25, 0.3) is 0 Å². The van der Waals surface area contributed by atoms with Crippen LogP contribution in [-0.2, 0) is 14.3 Å². The fourth-order valence-corrected chi connectivity index (χ4v) is 1.52. The summed E-state index contributed by atoms with van der Waals surface area (Å²) in [6, 6.07) is 0. The Morgan fingerprint density at radius 3 is 2.44 bits per heavy atom. The van der Waals surface area contributed by atoms with Crippen molar-refractivity contribution in [3.8, 4) is 0 Å². The Labute approximate surface area is 99.7 Å². The molecule has 1 aliphatic heterocycles. The molecule has 0 aromatic rings. The zero-order chi connectivity index (χ0) is 12.3. The fraction of sp³-hybridized carbons (Fsp3) is 0.875. The van der Waals surface area contributed by atoms with Crippen molar-refractivity contribution in [1.82, 2.24) is 0 Å². The van der Waals surface area contributed by atoms with Gasteiger partial charge >= 0.3 is 5.97 Å². The number of esters is 1. The highest BCUT2D eigenvalue weighted by atomic mass is 79.9. The predicted octanol–water partition coefficient (Wildman–Crippen LogP) is -2.28. The monoisotopic (exact) mass is 300 g/mol. The second kappa shape index (κ2) is 5.89. The molecule has 0 aliphatic carbocycles. The summed E-state index contributed by atoms with van der Waals surface area (Å²) < 4.78 is 9.44. The van der Waals surface area contributed by atoms with Crippen LogP contribution in [0, 0.1) is 0 Å². The van der Waals surface area contributed by atoms with Gasteiger partial charge in [-0.3, -0.25) is 4.79 Å². The molecule has 0 aromatic carbocycles. The number of aliphatic hydroxyl groups excluding tert-OH is 4. The topological polar surface area (TPSA) is 116 Å². The quantitative estimate of drug-likeness (QED) is 0.343. The van der Waals surface area contributed by atoms with E-state index in [1.807, 2.05) is 0 Å². The number of carbonyl (C=O) groups excluding carboxylic acids is 1. The molecule has 4 N–H and O–H groups in total. The Morgan fingerprint density at radius 2 is 1.94 bits per heavy atom. The van der Waals surface area contributed by atoms with E-state index in [0.29, 0.717) is 0 Å². The van der Waals surface area contributed by atoms with Gasteiger partial charge in [0.2, 0.25) is 0 Å². The largest absolute Gasteiger partial charge is 0.456 e. The maximum atomic E-state index is 11.0. The van der Waals surface area contributed by atoms with Gasteiger partial charge in [-0.15, -0.1) is 0 Å². The van der Waals surface area contributed by atoms with Crippen molar-refractivity contribution >= 4 is 21.9 Å². The zero-order valence-electron chi connectivity index (χ0n) is 8.19. The van der Waals surface area contributed by atoms with Crippen LogP contribution in [0.2, 0.25) is 0 Å². The van der Waals surface area contributed by atoms with Crippen molar-refractivity contribution in [1.29, 1.82) is 0 Å². The maximum absolute atomic E-state index is 11.0. The molecule has 8 heteroatoms. The average molecular weight is 301 g/mol. The summed E-state index contributed by atoms with van der Waals surface area (Å²) in [4.78, 5) is 11.0. The first-order chi connectivity index (χ1) is 7.51. The number of aliphatic hydroxyl groups is 4. The first-order valence-electron chi connectivity index (χ1n) is 4.57. The fourth-order valence-electron chi connectivity index (χ4n) is 1.39. The molecular weight excluding hydrogens is 288 g/mol. The number of hydrogen-bond donors (Lipinski definition) is 4. The van der Waals surface area contributed by atoms with E-state index in [-0.39, 0.29) is 5.33 Å². The molecule has 0 radical (unpaired) electrons. The van der Waals surface area contributed by atoms with Crippen molar-refractivity contribution in [2.75, 3.05) is 11.9 Å². The number of ether oxygens (including phenoxy) is 2. The van der Waals surface area contributed by atoms with Gasteiger partial charge < -0.3 is 29.9 Å². The number of carbonyl (C=O) groups is 1. The van der Waals surface area contributed by atoms with Gasteiger partial charge in [0.1, 0.15) is 23.6 Å². The summed E-state index contributed by atoms with van der Waals surface area (Å²) in [5.74, 6) is -0.700. The van der Waals surface area contributed by atoms with Crippen molar-refractivity contribution in [3.05, 3.63) is 0 Å². The van der Waals surface area contributed by atoms with Crippen LogP contribution in [0.4, 0.5) is 0 Å². The molecule has 1 saturated heterocycles. The van der Waals surface area contributed by atoms with Gasteiger partial charge in [0, 0.05) is 0 Å². The number of rotatable bonds is 3. The van der Waals surface area contributed by atoms with E-state index in [2.05, 4.69) is 15.9 Å². The van der Waals surface area contributed by atoms with E-state index in [1.54, 1.807) is 0 Å². The molecule has 0 amide bonds. The summed E-state index contributed by atoms with van der Waals surface area (Å²) in [5, 5.41) is 37.1. The lowest BCUT2D eigenvalue weighted by molar-refractivity contribution is -0.289. The van der Waals surface area contributed by atoms with Crippen molar-refractivity contribution in [2.24, 2.45) is 0 Å². The summed E-state index contributed by atoms with van der Waals surface area (Å²) >= 11 is 2.85. The second-order valence-corrected chi connectivity index (χ2v) is 3.88. The molecule has 16 heavy (non-hydrogen) atoms. The van der Waals surface area contributed by atoms with Crippen LogP contribution < -0.4 is 0 Å². The minimum Gasteiger partial charge on any atom is -0.456 e. The summed E-state index contributed by atoms with van der Waals surface area (Å²) in [6.45, 7) is -0.562. The Balaban J connectivity index is 2.72. The van der Waals surface area contributed by atoms with Gasteiger partial charge in [-0.25, -0.2) is 0 Å². The molecule has 94 valence electrons. The van der Waals surface area contributed by atoms with Crippen LogP contribution in [0.5, 0.6) is 0 Å². The molecule has 0 aromatic heterocycles. The molecule has 1 fully saturated rings. The maximum Gasteiger partial charge on any atom is 0.317 e. The molecular formula is C8H13BrO7. The van der Waals surface area contributed by atoms with Crippen molar-refractivity contribution < 1.29 is 34.7 Å². The normalized spacial score (nSPS) is 39.4. The van der Waals surface area contributed by atoms with Crippen molar-refractivity contribution in [3.63, 3.8) is 0 Å². The Morgan fingerprint density at radius 1 is 1.31 bits per heavy atom. The lowest BCUT2D eigenvalue weighted by atomic mass is 9.99. The second-order valence-electron chi connectivity index (χ2n) is 3.32. The molecule has 1 aliphatic rings. The number of halogens is 1. The Hall–Kier alpha value is -0.250. The van der Waals surface area contributed by atoms with E-state index < -0.39 is 43.3 Å². The van der Waals surface area contributed by atoms with Gasteiger partial charge in [-0.2, -0.15) is 0 Å². The van der Waals surface area contributed by atoms with Gasteiger partial charge in [-0.1, -0.05) is 15.9 Å². The minimum absolute atomic E-state index is 0.107. The molecule has 0 bridgehead atoms. The summed E-state index contributed by atoms with van der Waals surface area (Å²) in [7, 11) is 0. The summed E-state index contributed by atoms with van der Waals surface area (Å²) in [6.07, 6.45) is -7.00. The molecule has 1 rings (SSSR count). The Kier molecular flexibility index (Phi) is 5.09. The van der Waals surface area contributed by atoms with Crippen LogP contribution in [0.3, 0.4) is 0 Å². The minimum atomic E-state index is -1.62. The van der Waals surface area contributed by atoms with Crippen LogP contribution in [0.1, 0.15) is 0 Å². The van der Waals surface area contributed by atoms with Gasteiger partial charge in [-0.05, 0) is 0 Å². The van der Waals surface area contributed by atoms with Crippen molar-refractivity contribution in [2.45, 2.75) is 30.7 Å². The number of hydrogen-bond acceptors (Lipinski definition) is 7. The SMILES string of the molecule is O=C(CBr)O[C@H]1[C@@H](O)[C@@H](CO)OC(O)[C@@H]1O. The van der Waals surface area contributed by atoms with E-state index in [1.165, 1.54) is 0 Å². The first-order valence-corrected chi connectivity index (χ1v) is 5.69. The van der Waals surface area contributed by atoms with Crippen LogP contribution in [-0.4, -0.2) is 69.0 Å². The first kappa shape index (κ1) is 13.8. The molecule has 0 spiro atoms. The third-order valence-electron chi connectivity index (χ3n) is 2.22. The Bertz CT molecular complexity index is 249. The van der Waals surface area contributed by atoms with E-state index >= 15 is 0 Å². The number of alkyl halides is 1. The molecule has 1 unspecified atom stereocenters. The van der Waals surface area contributed by atoms with E-state index in [9.17, 15) is 20.1 Å². The molecule has 5 atom stereocenters. The highest BCUT2D eigenvalue weighted by Gasteiger charge is 2.45. The van der Waals surface area contributed by atoms with Gasteiger partial charge in [0.05, 0.1) is 6.61 Å². The predicted molar refractivity (Wildman–Crippen MR) is 53.7 cm³/mol. The van der Waals surface area contributed by atoms with Gasteiger partial charge in [0.15, 0.2) is 12.4 Å². The van der Waals surface area contributed by atoms with E-state index in [0.717, 1.165) is 0 Å². The highest BCUT2D eigenvalue weighted by Crippen LogP contribution is 2.22. The molecule has 1 heterocycles. The van der Waals surface area contributed by atoms with Gasteiger partial charge in [0.25, 0.3) is 0 Å². The van der Waals surface area contributed by atoms with E-state index in [4.69, 9.17) is 14.6 Å². The molecule has 0 saturated carbocycles. The van der Waals surface area contributed by atoms with Crippen LogP contribution >= 0.6 is 15.9 Å². The highest BCUT2D eigenvalue weighted by molar-refractivity contribution is 9.09.